The number of rotatable bonds is 6. The lowest BCUT2D eigenvalue weighted by Gasteiger charge is -2.08. The standard InChI is InChI=1S/C19H20ClN3O2S/c1-14-12-15(2)23(22-14)18-8-6-16(7-9-18)10-11-21-26(24,25)19-5-3-4-17(20)13-19/h3-9,12-13,21H,10-11H2,1-2H3. The van der Waals surface area contributed by atoms with Gasteiger partial charge in [-0.2, -0.15) is 5.10 Å². The summed E-state index contributed by atoms with van der Waals surface area (Å²) >= 11 is 5.86. The van der Waals surface area contributed by atoms with Gasteiger partial charge in [-0.25, -0.2) is 17.8 Å². The van der Waals surface area contributed by atoms with E-state index in [0.29, 0.717) is 18.0 Å². The Morgan fingerprint density at radius 3 is 2.42 bits per heavy atom. The van der Waals surface area contributed by atoms with Gasteiger partial charge in [0.2, 0.25) is 10.0 Å². The van der Waals surface area contributed by atoms with Gasteiger partial charge in [-0.15, -0.1) is 0 Å². The van der Waals surface area contributed by atoms with Crippen LogP contribution in [0.25, 0.3) is 5.69 Å². The molecule has 0 atom stereocenters. The van der Waals surface area contributed by atoms with E-state index >= 15 is 0 Å². The first-order chi connectivity index (χ1) is 12.3. The lowest BCUT2D eigenvalue weighted by atomic mass is 10.1. The molecule has 1 heterocycles. The molecule has 0 unspecified atom stereocenters. The van der Waals surface area contributed by atoms with Crippen LogP contribution in [0.5, 0.6) is 0 Å². The average molecular weight is 390 g/mol. The summed E-state index contributed by atoms with van der Waals surface area (Å²) in [5.74, 6) is 0. The number of aryl methyl sites for hydroxylation is 2. The van der Waals surface area contributed by atoms with Crippen LogP contribution in [-0.2, 0) is 16.4 Å². The van der Waals surface area contributed by atoms with E-state index < -0.39 is 10.0 Å². The Morgan fingerprint density at radius 1 is 1.08 bits per heavy atom. The van der Waals surface area contributed by atoms with Crippen molar-refractivity contribution in [2.24, 2.45) is 0 Å². The van der Waals surface area contributed by atoms with E-state index in [1.54, 1.807) is 12.1 Å². The van der Waals surface area contributed by atoms with Gasteiger partial charge in [0.15, 0.2) is 0 Å². The molecule has 5 nitrogen and oxygen atoms in total. The number of aromatic nitrogens is 2. The van der Waals surface area contributed by atoms with Gasteiger partial charge in [-0.05, 0) is 62.2 Å². The molecular formula is C19H20ClN3O2S. The minimum absolute atomic E-state index is 0.171. The molecule has 3 rings (SSSR count). The summed E-state index contributed by atoms with van der Waals surface area (Å²) in [5, 5.41) is 4.86. The largest absolute Gasteiger partial charge is 0.240 e. The summed E-state index contributed by atoms with van der Waals surface area (Å²) in [4.78, 5) is 0.171. The second-order valence-electron chi connectivity index (χ2n) is 6.11. The van der Waals surface area contributed by atoms with Crippen LogP contribution in [0, 0.1) is 13.8 Å². The first-order valence-corrected chi connectivity index (χ1v) is 10.1. The van der Waals surface area contributed by atoms with Crippen LogP contribution >= 0.6 is 11.6 Å². The predicted molar refractivity (Wildman–Crippen MR) is 103 cm³/mol. The molecule has 7 heteroatoms. The molecule has 0 aliphatic rings. The highest BCUT2D eigenvalue weighted by Crippen LogP contribution is 2.16. The molecular weight excluding hydrogens is 370 g/mol. The van der Waals surface area contributed by atoms with Crippen LogP contribution in [0.15, 0.2) is 59.5 Å². The molecule has 0 spiro atoms. The van der Waals surface area contributed by atoms with Gasteiger partial charge in [-0.1, -0.05) is 29.8 Å². The number of hydrogen-bond donors (Lipinski definition) is 1. The Kier molecular flexibility index (Phi) is 5.46. The quantitative estimate of drug-likeness (QED) is 0.699. The summed E-state index contributed by atoms with van der Waals surface area (Å²) < 4.78 is 29.0. The van der Waals surface area contributed by atoms with Crippen LogP contribution < -0.4 is 4.72 Å². The first-order valence-electron chi connectivity index (χ1n) is 8.23. The molecule has 0 bridgehead atoms. The lowest BCUT2D eigenvalue weighted by Crippen LogP contribution is -2.26. The number of sulfonamides is 1. The topological polar surface area (TPSA) is 64.0 Å². The second-order valence-corrected chi connectivity index (χ2v) is 8.31. The SMILES string of the molecule is Cc1cc(C)n(-c2ccc(CCNS(=O)(=O)c3cccc(Cl)c3)cc2)n1. The second kappa shape index (κ2) is 7.61. The number of benzene rings is 2. The maximum absolute atomic E-state index is 12.3. The first kappa shape index (κ1) is 18.6. The summed E-state index contributed by atoms with van der Waals surface area (Å²) in [6.45, 7) is 4.29. The highest BCUT2D eigenvalue weighted by atomic mass is 35.5. The number of nitrogens with zero attached hydrogens (tertiary/aromatic N) is 2. The Balaban J connectivity index is 1.63. The minimum atomic E-state index is -3.56. The molecule has 0 amide bonds. The number of halogens is 1. The summed E-state index contributed by atoms with van der Waals surface area (Å²) in [7, 11) is -3.56. The van der Waals surface area contributed by atoms with Crippen LogP contribution in [0.3, 0.4) is 0 Å². The minimum Gasteiger partial charge on any atom is -0.238 e. The summed E-state index contributed by atoms with van der Waals surface area (Å²) in [5.41, 5.74) is 4.08. The molecule has 3 aromatic rings. The third-order valence-corrected chi connectivity index (χ3v) is 5.70. The molecule has 0 radical (unpaired) electrons. The van der Waals surface area contributed by atoms with Crippen LogP contribution in [0.2, 0.25) is 5.02 Å². The van der Waals surface area contributed by atoms with Crippen molar-refractivity contribution in [1.82, 2.24) is 14.5 Å². The van der Waals surface area contributed by atoms with Crippen LogP contribution in [0.4, 0.5) is 0 Å². The van der Waals surface area contributed by atoms with Crippen molar-refractivity contribution in [3.8, 4) is 5.69 Å². The third kappa shape index (κ3) is 4.33. The zero-order chi connectivity index (χ0) is 18.7. The smallest absolute Gasteiger partial charge is 0.238 e. The summed E-state index contributed by atoms with van der Waals surface area (Å²) in [6, 6.07) is 16.2. The fraction of sp³-hybridized carbons (Fsp3) is 0.211. The van der Waals surface area contributed by atoms with Crippen molar-refractivity contribution in [3.05, 3.63) is 76.6 Å². The van der Waals surface area contributed by atoms with Crippen molar-refractivity contribution in [2.45, 2.75) is 25.2 Å². The highest BCUT2D eigenvalue weighted by Gasteiger charge is 2.13. The third-order valence-electron chi connectivity index (χ3n) is 4.00. The maximum Gasteiger partial charge on any atom is 0.240 e. The highest BCUT2D eigenvalue weighted by molar-refractivity contribution is 7.89. The Hall–Kier alpha value is -2.15. The molecule has 0 fully saturated rings. The lowest BCUT2D eigenvalue weighted by molar-refractivity contribution is 0.581. The van der Waals surface area contributed by atoms with Crippen molar-refractivity contribution in [1.29, 1.82) is 0 Å². The molecule has 136 valence electrons. The van der Waals surface area contributed by atoms with Crippen LogP contribution in [0.1, 0.15) is 17.0 Å². The van der Waals surface area contributed by atoms with Crippen molar-refractivity contribution >= 4 is 21.6 Å². The van der Waals surface area contributed by atoms with Gasteiger partial charge >= 0.3 is 0 Å². The van der Waals surface area contributed by atoms with Gasteiger partial charge in [0.1, 0.15) is 0 Å². The van der Waals surface area contributed by atoms with Gasteiger partial charge in [0.25, 0.3) is 0 Å². The molecule has 0 aliphatic carbocycles. The zero-order valence-corrected chi connectivity index (χ0v) is 16.2. The molecule has 26 heavy (non-hydrogen) atoms. The van der Waals surface area contributed by atoms with E-state index in [1.165, 1.54) is 12.1 Å². The molecule has 1 aromatic heterocycles. The fourth-order valence-electron chi connectivity index (χ4n) is 2.74. The van der Waals surface area contributed by atoms with Gasteiger partial charge in [-0.3, -0.25) is 0 Å². The van der Waals surface area contributed by atoms with Gasteiger partial charge in [0, 0.05) is 17.3 Å². The summed E-state index contributed by atoms with van der Waals surface area (Å²) in [6.07, 6.45) is 0.594. The van der Waals surface area contributed by atoms with Gasteiger partial charge in [0.05, 0.1) is 16.3 Å². The molecule has 0 aliphatic heterocycles. The van der Waals surface area contributed by atoms with E-state index in [1.807, 2.05) is 48.9 Å². The van der Waals surface area contributed by atoms with E-state index in [-0.39, 0.29) is 4.90 Å². The van der Waals surface area contributed by atoms with Crippen molar-refractivity contribution in [3.63, 3.8) is 0 Å². The van der Waals surface area contributed by atoms with E-state index in [9.17, 15) is 8.42 Å². The number of hydrogen-bond acceptors (Lipinski definition) is 3. The zero-order valence-electron chi connectivity index (χ0n) is 14.6. The van der Waals surface area contributed by atoms with Crippen molar-refractivity contribution in [2.75, 3.05) is 6.54 Å². The van der Waals surface area contributed by atoms with E-state index in [0.717, 1.165) is 22.6 Å². The Bertz CT molecular complexity index is 1010. The molecule has 0 saturated carbocycles. The van der Waals surface area contributed by atoms with Crippen LogP contribution in [-0.4, -0.2) is 24.7 Å². The van der Waals surface area contributed by atoms with Crippen molar-refractivity contribution < 1.29 is 8.42 Å². The predicted octanol–water partition coefficient (Wildman–Crippen LogP) is 3.66. The van der Waals surface area contributed by atoms with Gasteiger partial charge < -0.3 is 0 Å². The van der Waals surface area contributed by atoms with E-state index in [2.05, 4.69) is 9.82 Å². The average Bonchev–Trinajstić information content (AvgIpc) is 2.94. The fourth-order valence-corrected chi connectivity index (χ4v) is 4.07. The Morgan fingerprint density at radius 2 is 1.81 bits per heavy atom. The molecule has 1 N–H and O–H groups in total. The number of nitrogens with one attached hydrogen (secondary N) is 1. The molecule has 0 saturated heterocycles. The van der Waals surface area contributed by atoms with E-state index in [4.69, 9.17) is 11.6 Å². The monoisotopic (exact) mass is 389 g/mol. The molecule has 2 aromatic carbocycles. The maximum atomic E-state index is 12.3. The Labute approximate surface area is 158 Å². The normalized spacial score (nSPS) is 11.7.